The van der Waals surface area contributed by atoms with Crippen LogP contribution in [0.3, 0.4) is 0 Å². The largest absolute Gasteiger partial charge is 0.489 e. The summed E-state index contributed by atoms with van der Waals surface area (Å²) in [5.74, 6) is 1.19. The van der Waals surface area contributed by atoms with Crippen LogP contribution in [0.4, 0.5) is 0 Å². The summed E-state index contributed by atoms with van der Waals surface area (Å²) in [7, 11) is 0. The highest BCUT2D eigenvalue weighted by Gasteiger charge is 2.25. The minimum Gasteiger partial charge on any atom is -0.489 e. The van der Waals surface area contributed by atoms with Gasteiger partial charge >= 0.3 is 0 Å². The standard InChI is InChI=1S/C24H23N5O3/c1-16(2)21(24-28-22(29-32-24)18-8-11-25-12-9-18)27-23(30)19-6-3-7-20(13-19)31-15-17-5-4-10-26-14-17/h3-14,16,21H,15H2,1-2H3,(H,27,30). The Bertz CT molecular complexity index is 1160. The normalized spacial score (nSPS) is 11.8. The first-order valence-electron chi connectivity index (χ1n) is 10.3. The highest BCUT2D eigenvalue weighted by molar-refractivity contribution is 5.94. The lowest BCUT2D eigenvalue weighted by Gasteiger charge is -2.18. The molecule has 3 heterocycles. The molecule has 1 N–H and O–H groups in total. The van der Waals surface area contributed by atoms with Gasteiger partial charge in [-0.15, -0.1) is 0 Å². The third-order valence-electron chi connectivity index (χ3n) is 4.82. The fourth-order valence-electron chi connectivity index (χ4n) is 3.10. The Labute approximate surface area is 185 Å². The molecule has 4 aromatic rings. The third kappa shape index (κ3) is 5.15. The molecule has 0 saturated carbocycles. The maximum atomic E-state index is 13.0. The average Bonchev–Trinajstić information content (AvgIpc) is 3.32. The van der Waals surface area contributed by atoms with Crippen molar-refractivity contribution in [2.24, 2.45) is 5.92 Å². The number of nitrogens with zero attached hydrogens (tertiary/aromatic N) is 4. The zero-order valence-electron chi connectivity index (χ0n) is 17.8. The molecule has 8 nitrogen and oxygen atoms in total. The number of ether oxygens (including phenoxy) is 1. The number of pyridine rings is 2. The summed E-state index contributed by atoms with van der Waals surface area (Å²) in [6.45, 7) is 4.33. The fourth-order valence-corrected chi connectivity index (χ4v) is 3.10. The van der Waals surface area contributed by atoms with Gasteiger partial charge in [0.25, 0.3) is 5.91 Å². The molecule has 0 aliphatic carbocycles. The first kappa shape index (κ1) is 21.2. The second-order valence-electron chi connectivity index (χ2n) is 7.57. The topological polar surface area (TPSA) is 103 Å². The molecule has 1 unspecified atom stereocenters. The van der Waals surface area contributed by atoms with E-state index in [-0.39, 0.29) is 11.8 Å². The van der Waals surface area contributed by atoms with Gasteiger partial charge in [-0.05, 0) is 42.3 Å². The Morgan fingerprint density at radius 2 is 1.91 bits per heavy atom. The molecule has 0 aliphatic heterocycles. The summed E-state index contributed by atoms with van der Waals surface area (Å²) in [4.78, 5) is 25.5. The van der Waals surface area contributed by atoms with Crippen molar-refractivity contribution in [3.8, 4) is 17.1 Å². The summed E-state index contributed by atoms with van der Waals surface area (Å²) in [6, 6.07) is 14.0. The minimum absolute atomic E-state index is 0.0368. The molecule has 0 aliphatic rings. The van der Waals surface area contributed by atoms with E-state index >= 15 is 0 Å². The van der Waals surface area contributed by atoms with Crippen molar-refractivity contribution < 1.29 is 14.1 Å². The van der Waals surface area contributed by atoms with Gasteiger partial charge in [-0.1, -0.05) is 31.1 Å². The van der Waals surface area contributed by atoms with E-state index in [1.165, 1.54) is 0 Å². The zero-order valence-corrected chi connectivity index (χ0v) is 17.8. The number of nitrogens with one attached hydrogen (secondary N) is 1. The predicted molar refractivity (Wildman–Crippen MR) is 118 cm³/mol. The molecule has 32 heavy (non-hydrogen) atoms. The van der Waals surface area contributed by atoms with Crippen molar-refractivity contribution >= 4 is 5.91 Å². The molecular weight excluding hydrogens is 406 g/mol. The van der Waals surface area contributed by atoms with Crippen molar-refractivity contribution in [3.05, 3.63) is 90.3 Å². The molecule has 0 saturated heterocycles. The SMILES string of the molecule is CC(C)C(NC(=O)c1cccc(OCc2cccnc2)c1)c1nc(-c2ccncc2)no1. The molecule has 3 aromatic heterocycles. The maximum absolute atomic E-state index is 13.0. The first-order valence-corrected chi connectivity index (χ1v) is 10.3. The van der Waals surface area contributed by atoms with Crippen molar-refractivity contribution in [1.29, 1.82) is 0 Å². The Hall–Kier alpha value is -4.07. The van der Waals surface area contributed by atoms with E-state index in [1.54, 1.807) is 55.1 Å². The van der Waals surface area contributed by atoms with Crippen LogP contribution in [-0.2, 0) is 6.61 Å². The smallest absolute Gasteiger partial charge is 0.252 e. The number of benzene rings is 1. The van der Waals surface area contributed by atoms with Crippen LogP contribution in [0.1, 0.15) is 41.7 Å². The van der Waals surface area contributed by atoms with Crippen LogP contribution in [-0.4, -0.2) is 26.0 Å². The average molecular weight is 429 g/mol. The number of carbonyl (C=O) groups excluding carboxylic acids is 1. The molecule has 1 atom stereocenters. The Balaban J connectivity index is 1.46. The second kappa shape index (κ2) is 9.82. The van der Waals surface area contributed by atoms with Gasteiger partial charge in [0, 0.05) is 41.5 Å². The molecular formula is C24H23N5O3. The van der Waals surface area contributed by atoms with Crippen LogP contribution >= 0.6 is 0 Å². The van der Waals surface area contributed by atoms with Gasteiger partial charge in [0.05, 0.1) is 0 Å². The number of carbonyl (C=O) groups is 1. The van der Waals surface area contributed by atoms with Crippen LogP contribution < -0.4 is 10.1 Å². The highest BCUT2D eigenvalue weighted by atomic mass is 16.5. The van der Waals surface area contributed by atoms with Gasteiger partial charge in [-0.25, -0.2) is 0 Å². The van der Waals surface area contributed by atoms with E-state index in [9.17, 15) is 4.79 Å². The van der Waals surface area contributed by atoms with E-state index in [0.717, 1.165) is 11.1 Å². The lowest BCUT2D eigenvalue weighted by Crippen LogP contribution is -2.32. The van der Waals surface area contributed by atoms with E-state index < -0.39 is 6.04 Å². The van der Waals surface area contributed by atoms with Gasteiger partial charge in [-0.2, -0.15) is 4.98 Å². The Morgan fingerprint density at radius 1 is 1.06 bits per heavy atom. The van der Waals surface area contributed by atoms with Crippen LogP contribution in [0.15, 0.2) is 77.8 Å². The van der Waals surface area contributed by atoms with Crippen LogP contribution in [0.2, 0.25) is 0 Å². The van der Waals surface area contributed by atoms with E-state index in [4.69, 9.17) is 9.26 Å². The monoisotopic (exact) mass is 429 g/mol. The number of hydrogen-bond donors (Lipinski definition) is 1. The quantitative estimate of drug-likeness (QED) is 0.447. The predicted octanol–water partition coefficient (Wildman–Crippen LogP) is 4.23. The maximum Gasteiger partial charge on any atom is 0.252 e. The van der Waals surface area contributed by atoms with Crippen molar-refractivity contribution in [2.75, 3.05) is 0 Å². The van der Waals surface area contributed by atoms with Gasteiger partial charge < -0.3 is 14.6 Å². The van der Waals surface area contributed by atoms with Crippen molar-refractivity contribution in [1.82, 2.24) is 25.4 Å². The molecule has 0 fully saturated rings. The third-order valence-corrected chi connectivity index (χ3v) is 4.82. The number of amides is 1. The molecule has 0 bridgehead atoms. The summed E-state index contributed by atoms with van der Waals surface area (Å²) in [5, 5.41) is 7.05. The summed E-state index contributed by atoms with van der Waals surface area (Å²) in [5.41, 5.74) is 2.22. The van der Waals surface area contributed by atoms with Gasteiger partial charge in [0.2, 0.25) is 11.7 Å². The Kier molecular flexibility index (Phi) is 6.50. The molecule has 162 valence electrons. The summed E-state index contributed by atoms with van der Waals surface area (Å²) < 4.78 is 11.3. The van der Waals surface area contributed by atoms with Gasteiger partial charge in [-0.3, -0.25) is 14.8 Å². The number of rotatable bonds is 8. The number of hydrogen-bond acceptors (Lipinski definition) is 7. The van der Waals surface area contributed by atoms with E-state index in [0.29, 0.717) is 29.6 Å². The zero-order chi connectivity index (χ0) is 22.3. The van der Waals surface area contributed by atoms with Crippen molar-refractivity contribution in [3.63, 3.8) is 0 Å². The second-order valence-corrected chi connectivity index (χ2v) is 7.57. The van der Waals surface area contributed by atoms with Crippen LogP contribution in [0.25, 0.3) is 11.4 Å². The van der Waals surface area contributed by atoms with Crippen LogP contribution in [0.5, 0.6) is 5.75 Å². The van der Waals surface area contributed by atoms with Crippen molar-refractivity contribution in [2.45, 2.75) is 26.5 Å². The Morgan fingerprint density at radius 3 is 2.66 bits per heavy atom. The molecule has 1 aromatic carbocycles. The van der Waals surface area contributed by atoms with E-state index in [1.807, 2.05) is 32.0 Å². The van der Waals surface area contributed by atoms with Gasteiger partial charge in [0.1, 0.15) is 18.4 Å². The molecule has 8 heteroatoms. The minimum atomic E-state index is -0.439. The number of aromatic nitrogens is 4. The molecule has 1 amide bonds. The summed E-state index contributed by atoms with van der Waals surface area (Å²) in [6.07, 6.45) is 6.78. The lowest BCUT2D eigenvalue weighted by atomic mass is 10.0. The molecule has 4 rings (SSSR count). The highest BCUT2D eigenvalue weighted by Crippen LogP contribution is 2.24. The molecule has 0 spiro atoms. The van der Waals surface area contributed by atoms with Crippen LogP contribution in [0, 0.1) is 5.92 Å². The van der Waals surface area contributed by atoms with E-state index in [2.05, 4.69) is 25.4 Å². The fraction of sp³-hybridized carbons (Fsp3) is 0.208. The first-order chi connectivity index (χ1) is 15.6. The molecule has 0 radical (unpaired) electrons. The summed E-state index contributed by atoms with van der Waals surface area (Å²) >= 11 is 0. The van der Waals surface area contributed by atoms with Gasteiger partial charge in [0.15, 0.2) is 0 Å². The lowest BCUT2D eigenvalue weighted by molar-refractivity contribution is 0.0913.